The van der Waals surface area contributed by atoms with Crippen molar-refractivity contribution in [3.8, 4) is 0 Å². The van der Waals surface area contributed by atoms with E-state index in [2.05, 4.69) is 55.0 Å². The Balaban J connectivity index is 1.46. The fourth-order valence-corrected chi connectivity index (χ4v) is 9.39. The first-order valence-electron chi connectivity index (χ1n) is 13.8. The third kappa shape index (κ3) is 4.15. The average Bonchev–Trinajstić information content (AvgIpc) is 2.65. The minimum absolute atomic E-state index is 0.0412. The van der Waals surface area contributed by atoms with E-state index in [0.717, 1.165) is 38.0 Å². The van der Waals surface area contributed by atoms with Crippen molar-refractivity contribution in [2.24, 2.45) is 34.0 Å². The molecule has 4 aliphatic rings. The SMILES string of the molecule is C=C1CCCC(C)(C)[C@@H]1CC[C@@](C)(O)[C@H]1CC[C@@H]2[C@@]3(C)CCCC(C)(C)[C@@H]3CC[C@@]2(C)O1. The summed E-state index contributed by atoms with van der Waals surface area (Å²) >= 11 is 0. The molecule has 1 saturated heterocycles. The summed E-state index contributed by atoms with van der Waals surface area (Å²) in [4.78, 5) is 0. The van der Waals surface area contributed by atoms with Crippen molar-refractivity contribution in [1.29, 1.82) is 0 Å². The summed E-state index contributed by atoms with van der Waals surface area (Å²) in [5.74, 6) is 1.95. The Morgan fingerprint density at radius 1 is 0.906 bits per heavy atom. The second-order valence-electron chi connectivity index (χ2n) is 14.4. The van der Waals surface area contributed by atoms with Crippen LogP contribution in [0.4, 0.5) is 0 Å². The topological polar surface area (TPSA) is 29.5 Å². The van der Waals surface area contributed by atoms with Crippen LogP contribution >= 0.6 is 0 Å². The zero-order chi connectivity index (χ0) is 23.6. The number of aliphatic hydroxyl groups is 1. The van der Waals surface area contributed by atoms with Gasteiger partial charge in [0.15, 0.2) is 0 Å². The molecule has 0 aromatic heterocycles. The van der Waals surface area contributed by atoms with Crippen molar-refractivity contribution in [3.63, 3.8) is 0 Å². The van der Waals surface area contributed by atoms with Crippen molar-refractivity contribution in [3.05, 3.63) is 12.2 Å². The molecule has 0 aromatic rings. The van der Waals surface area contributed by atoms with E-state index >= 15 is 0 Å². The quantitative estimate of drug-likeness (QED) is 0.444. The molecule has 1 N–H and O–H groups in total. The highest BCUT2D eigenvalue weighted by molar-refractivity contribution is 5.12. The van der Waals surface area contributed by atoms with Gasteiger partial charge in [-0.25, -0.2) is 0 Å². The van der Waals surface area contributed by atoms with E-state index in [1.807, 2.05) is 0 Å². The molecule has 0 spiro atoms. The maximum Gasteiger partial charge on any atom is 0.0880 e. The standard InChI is InChI=1S/C30H52O2/c1-21-11-9-16-26(2,3)22(21)14-19-29(7,31)25-13-12-24-28(6)18-10-17-27(4,5)23(28)15-20-30(24,8)32-25/h22-25,31H,1,9-20H2,2-8H3/t22-,23+,24-,25-,28+,29-,30-/m1/s1. The van der Waals surface area contributed by atoms with Gasteiger partial charge in [-0.1, -0.05) is 53.2 Å². The van der Waals surface area contributed by atoms with Gasteiger partial charge >= 0.3 is 0 Å². The van der Waals surface area contributed by atoms with Gasteiger partial charge in [0, 0.05) is 0 Å². The molecule has 7 atom stereocenters. The molecule has 4 rings (SSSR count). The summed E-state index contributed by atoms with van der Waals surface area (Å²) in [6.07, 6.45) is 14.2. The third-order valence-corrected chi connectivity index (χ3v) is 11.3. The number of allylic oxidation sites excluding steroid dienone is 1. The van der Waals surface area contributed by atoms with Crippen molar-refractivity contribution in [1.82, 2.24) is 0 Å². The molecular weight excluding hydrogens is 392 g/mol. The lowest BCUT2D eigenvalue weighted by atomic mass is 9.44. The molecule has 2 heteroatoms. The summed E-state index contributed by atoms with van der Waals surface area (Å²) in [5, 5.41) is 11.7. The lowest BCUT2D eigenvalue weighted by molar-refractivity contribution is -0.266. The summed E-state index contributed by atoms with van der Waals surface area (Å²) < 4.78 is 6.97. The molecule has 1 heterocycles. The van der Waals surface area contributed by atoms with Crippen LogP contribution in [0.1, 0.15) is 126 Å². The van der Waals surface area contributed by atoms with Crippen LogP contribution in [0.2, 0.25) is 0 Å². The largest absolute Gasteiger partial charge is 0.387 e. The van der Waals surface area contributed by atoms with Gasteiger partial charge in [-0.3, -0.25) is 0 Å². The first-order valence-corrected chi connectivity index (χ1v) is 13.8. The van der Waals surface area contributed by atoms with Crippen molar-refractivity contribution >= 4 is 0 Å². The highest BCUT2D eigenvalue weighted by atomic mass is 16.5. The van der Waals surface area contributed by atoms with E-state index < -0.39 is 5.60 Å². The predicted octanol–water partition coefficient (Wildman–Crippen LogP) is 8.08. The van der Waals surface area contributed by atoms with Gasteiger partial charge in [-0.05, 0) is 118 Å². The molecule has 0 radical (unpaired) electrons. The van der Waals surface area contributed by atoms with Gasteiger partial charge in [0.1, 0.15) is 0 Å². The van der Waals surface area contributed by atoms with Crippen LogP contribution in [-0.4, -0.2) is 22.4 Å². The van der Waals surface area contributed by atoms with Crippen LogP contribution in [0.3, 0.4) is 0 Å². The van der Waals surface area contributed by atoms with Gasteiger partial charge in [0.25, 0.3) is 0 Å². The molecule has 0 unspecified atom stereocenters. The monoisotopic (exact) mass is 444 g/mol. The van der Waals surface area contributed by atoms with Crippen molar-refractivity contribution in [2.75, 3.05) is 0 Å². The molecule has 0 bridgehead atoms. The molecule has 2 nitrogen and oxygen atoms in total. The Morgan fingerprint density at radius 3 is 2.28 bits per heavy atom. The van der Waals surface area contributed by atoms with Crippen LogP contribution in [0, 0.1) is 34.0 Å². The second-order valence-corrected chi connectivity index (χ2v) is 14.4. The van der Waals surface area contributed by atoms with Crippen LogP contribution < -0.4 is 0 Å². The number of fused-ring (bicyclic) bond motifs is 3. The van der Waals surface area contributed by atoms with Gasteiger partial charge < -0.3 is 9.84 Å². The second kappa shape index (κ2) is 8.11. The van der Waals surface area contributed by atoms with Gasteiger partial charge in [0.2, 0.25) is 0 Å². The minimum Gasteiger partial charge on any atom is -0.387 e. The Hall–Kier alpha value is -0.340. The number of hydrogen-bond acceptors (Lipinski definition) is 2. The zero-order valence-corrected chi connectivity index (χ0v) is 22.4. The van der Waals surface area contributed by atoms with E-state index in [1.54, 1.807) is 0 Å². The molecule has 4 fully saturated rings. The first-order chi connectivity index (χ1) is 14.7. The minimum atomic E-state index is -0.759. The lowest BCUT2D eigenvalue weighted by Crippen LogP contribution is -2.63. The van der Waals surface area contributed by atoms with Gasteiger partial charge in [-0.15, -0.1) is 0 Å². The summed E-state index contributed by atoms with van der Waals surface area (Å²) in [6, 6.07) is 0. The van der Waals surface area contributed by atoms with Gasteiger partial charge in [0.05, 0.1) is 17.3 Å². The maximum atomic E-state index is 11.7. The molecule has 3 saturated carbocycles. The molecule has 0 amide bonds. The fourth-order valence-electron chi connectivity index (χ4n) is 9.39. The smallest absolute Gasteiger partial charge is 0.0880 e. The van der Waals surface area contributed by atoms with Crippen LogP contribution in [0.5, 0.6) is 0 Å². The van der Waals surface area contributed by atoms with Crippen LogP contribution in [-0.2, 0) is 4.74 Å². The highest BCUT2D eigenvalue weighted by Gasteiger charge is 2.61. The number of ether oxygens (including phenoxy) is 1. The summed E-state index contributed by atoms with van der Waals surface area (Å²) in [5.41, 5.74) is 1.70. The van der Waals surface area contributed by atoms with E-state index in [0.29, 0.717) is 28.1 Å². The van der Waals surface area contributed by atoms with E-state index in [4.69, 9.17) is 4.74 Å². The summed E-state index contributed by atoms with van der Waals surface area (Å²) in [7, 11) is 0. The van der Waals surface area contributed by atoms with Crippen molar-refractivity contribution < 1.29 is 9.84 Å². The average molecular weight is 445 g/mol. The Labute approximate surface area is 199 Å². The van der Waals surface area contributed by atoms with E-state index in [1.165, 1.54) is 50.5 Å². The van der Waals surface area contributed by atoms with Crippen molar-refractivity contribution in [2.45, 2.75) is 143 Å². The normalized spacial score (nSPS) is 45.4. The number of rotatable bonds is 4. The maximum absolute atomic E-state index is 11.7. The molecule has 32 heavy (non-hydrogen) atoms. The molecule has 184 valence electrons. The van der Waals surface area contributed by atoms with Crippen LogP contribution in [0.15, 0.2) is 12.2 Å². The molecular formula is C30H52O2. The lowest BCUT2D eigenvalue weighted by Gasteiger charge is -2.64. The highest BCUT2D eigenvalue weighted by Crippen LogP contribution is 2.65. The Morgan fingerprint density at radius 2 is 1.59 bits per heavy atom. The fraction of sp³-hybridized carbons (Fsp3) is 0.933. The summed E-state index contributed by atoms with van der Waals surface area (Å²) in [6.45, 7) is 21.2. The molecule has 3 aliphatic carbocycles. The van der Waals surface area contributed by atoms with Crippen LogP contribution in [0.25, 0.3) is 0 Å². The Bertz CT molecular complexity index is 718. The zero-order valence-electron chi connectivity index (χ0n) is 22.4. The van der Waals surface area contributed by atoms with E-state index in [9.17, 15) is 5.11 Å². The third-order valence-electron chi connectivity index (χ3n) is 11.3. The van der Waals surface area contributed by atoms with E-state index in [-0.39, 0.29) is 11.7 Å². The first kappa shape index (κ1) is 24.8. The molecule has 1 aliphatic heterocycles. The Kier molecular flexibility index (Phi) is 6.28. The number of hydrogen-bond donors (Lipinski definition) is 1. The molecule has 0 aromatic carbocycles. The van der Waals surface area contributed by atoms with Gasteiger partial charge in [-0.2, -0.15) is 0 Å². The predicted molar refractivity (Wildman–Crippen MR) is 135 cm³/mol.